The molecular weight excluding hydrogens is 253 g/mol. The van der Waals surface area contributed by atoms with E-state index in [0.29, 0.717) is 0 Å². The van der Waals surface area contributed by atoms with Crippen molar-refractivity contribution in [3.8, 4) is 0 Å². The molecular formula is C13H12FNO2S. The molecule has 0 spiro atoms. The third kappa shape index (κ3) is 2.26. The summed E-state index contributed by atoms with van der Waals surface area (Å²) >= 11 is 1.10. The molecule has 94 valence electrons. The summed E-state index contributed by atoms with van der Waals surface area (Å²) in [6.07, 6.45) is 0. The van der Waals surface area contributed by atoms with Crippen molar-refractivity contribution in [3.63, 3.8) is 0 Å². The van der Waals surface area contributed by atoms with Gasteiger partial charge in [-0.15, -0.1) is 0 Å². The largest absolute Gasteiger partial charge is 0.307 e. The van der Waals surface area contributed by atoms with Gasteiger partial charge in [0.25, 0.3) is 0 Å². The molecule has 5 heteroatoms. The van der Waals surface area contributed by atoms with E-state index < -0.39 is 11.6 Å². The Labute approximate surface area is 108 Å². The minimum Gasteiger partial charge on any atom is -0.295 e. The van der Waals surface area contributed by atoms with Crippen LogP contribution in [0.5, 0.6) is 0 Å². The van der Waals surface area contributed by atoms with Crippen LogP contribution in [0.4, 0.5) is 4.39 Å². The lowest BCUT2D eigenvalue weighted by atomic mass is 10.1. The Hall–Kier alpha value is -1.75. The lowest BCUT2D eigenvalue weighted by Crippen LogP contribution is -2.21. The molecule has 0 N–H and O–H groups in total. The lowest BCUT2D eigenvalue weighted by molar-refractivity contribution is 0.0966. The van der Waals surface area contributed by atoms with Crippen LogP contribution in [0.1, 0.15) is 20.9 Å². The number of nitrogens with zero attached hydrogens (tertiary/aromatic N) is 1. The number of benzene rings is 1. The van der Waals surface area contributed by atoms with Crippen LogP contribution >= 0.6 is 11.3 Å². The van der Waals surface area contributed by atoms with Gasteiger partial charge in [-0.2, -0.15) is 0 Å². The minimum absolute atomic E-state index is 0.0210. The summed E-state index contributed by atoms with van der Waals surface area (Å²) in [6.45, 7) is 3.49. The number of thiazole rings is 1. The highest BCUT2D eigenvalue weighted by Gasteiger charge is 2.15. The number of aryl methyl sites for hydroxylation is 1. The van der Waals surface area contributed by atoms with E-state index >= 15 is 0 Å². The van der Waals surface area contributed by atoms with Gasteiger partial charge in [-0.1, -0.05) is 23.5 Å². The Bertz CT molecular complexity index is 657. The molecule has 0 bridgehead atoms. The fourth-order valence-electron chi connectivity index (χ4n) is 1.69. The van der Waals surface area contributed by atoms with Crippen LogP contribution < -0.4 is 4.87 Å². The van der Waals surface area contributed by atoms with Gasteiger partial charge in [0.05, 0.1) is 12.1 Å². The normalized spacial score (nSPS) is 10.6. The van der Waals surface area contributed by atoms with Gasteiger partial charge < -0.3 is 0 Å². The van der Waals surface area contributed by atoms with Crippen molar-refractivity contribution >= 4 is 17.1 Å². The Morgan fingerprint density at radius 1 is 1.33 bits per heavy atom. The van der Waals surface area contributed by atoms with Crippen LogP contribution in [0.2, 0.25) is 0 Å². The number of hydrogen-bond donors (Lipinski definition) is 0. The highest BCUT2D eigenvalue weighted by atomic mass is 32.1. The van der Waals surface area contributed by atoms with Gasteiger partial charge in [-0.3, -0.25) is 14.2 Å². The van der Waals surface area contributed by atoms with Crippen LogP contribution in [-0.2, 0) is 6.54 Å². The summed E-state index contributed by atoms with van der Waals surface area (Å²) < 4.78 is 14.8. The van der Waals surface area contributed by atoms with Crippen LogP contribution in [0.3, 0.4) is 0 Å². The van der Waals surface area contributed by atoms with Gasteiger partial charge in [0.1, 0.15) is 5.82 Å². The molecule has 2 rings (SSSR count). The number of hydrogen-bond acceptors (Lipinski definition) is 3. The molecule has 0 fully saturated rings. The monoisotopic (exact) mass is 265 g/mol. The summed E-state index contributed by atoms with van der Waals surface area (Å²) in [6, 6.07) is 5.79. The maximum atomic E-state index is 13.4. The number of rotatable bonds is 3. The maximum absolute atomic E-state index is 13.4. The molecule has 0 radical (unpaired) electrons. The summed E-state index contributed by atoms with van der Waals surface area (Å²) in [5.74, 6) is -0.948. The topological polar surface area (TPSA) is 39.1 Å². The number of carbonyl (C=O) groups excluding carboxylic acids is 1. The molecule has 0 aliphatic rings. The molecule has 0 amide bonds. The summed E-state index contributed by atoms with van der Waals surface area (Å²) in [4.78, 5) is 24.3. The molecule has 0 saturated heterocycles. The molecule has 0 aliphatic heterocycles. The fraction of sp³-hybridized carbons (Fsp3) is 0.231. The van der Waals surface area contributed by atoms with Crippen LogP contribution in [0, 0.1) is 19.7 Å². The van der Waals surface area contributed by atoms with Crippen molar-refractivity contribution < 1.29 is 9.18 Å². The zero-order valence-electron chi connectivity index (χ0n) is 10.1. The molecule has 1 aromatic heterocycles. The zero-order chi connectivity index (χ0) is 13.3. The smallest absolute Gasteiger partial charge is 0.295 e. The first-order valence-corrected chi connectivity index (χ1v) is 6.27. The Kier molecular flexibility index (Phi) is 3.43. The Balaban J connectivity index is 2.33. The molecule has 3 nitrogen and oxygen atoms in total. The maximum Gasteiger partial charge on any atom is 0.307 e. The van der Waals surface area contributed by atoms with Crippen molar-refractivity contribution in [2.45, 2.75) is 20.4 Å². The van der Waals surface area contributed by atoms with E-state index in [1.807, 2.05) is 6.92 Å². The summed E-state index contributed by atoms with van der Waals surface area (Å²) in [7, 11) is 0. The number of carbonyl (C=O) groups is 1. The van der Waals surface area contributed by atoms with Crippen molar-refractivity contribution in [1.29, 1.82) is 0 Å². The van der Waals surface area contributed by atoms with E-state index in [9.17, 15) is 14.0 Å². The molecule has 0 unspecified atom stereocenters. The van der Waals surface area contributed by atoms with Crippen molar-refractivity contribution in [2.24, 2.45) is 0 Å². The van der Waals surface area contributed by atoms with E-state index in [4.69, 9.17) is 0 Å². The molecule has 18 heavy (non-hydrogen) atoms. The number of halogens is 1. The number of aromatic nitrogens is 1. The number of ketones is 1. The second-order valence-electron chi connectivity index (χ2n) is 4.00. The highest BCUT2D eigenvalue weighted by Crippen LogP contribution is 2.12. The van der Waals surface area contributed by atoms with E-state index in [-0.39, 0.29) is 17.0 Å². The van der Waals surface area contributed by atoms with Gasteiger partial charge in [0, 0.05) is 10.6 Å². The van der Waals surface area contributed by atoms with Crippen LogP contribution in [0.25, 0.3) is 0 Å². The zero-order valence-corrected chi connectivity index (χ0v) is 10.9. The van der Waals surface area contributed by atoms with Crippen LogP contribution in [-0.4, -0.2) is 10.4 Å². The Morgan fingerprint density at radius 2 is 2.00 bits per heavy atom. The summed E-state index contributed by atoms with van der Waals surface area (Å²) in [5.41, 5.74) is 0.780. The van der Waals surface area contributed by atoms with Crippen molar-refractivity contribution in [1.82, 2.24) is 4.57 Å². The fourth-order valence-corrected chi connectivity index (χ4v) is 2.52. The predicted molar refractivity (Wildman–Crippen MR) is 68.8 cm³/mol. The molecule has 1 heterocycles. The second-order valence-corrected chi connectivity index (χ2v) is 5.16. The van der Waals surface area contributed by atoms with Crippen molar-refractivity contribution in [3.05, 3.63) is 55.9 Å². The second kappa shape index (κ2) is 4.86. The standard InChI is InChI=1S/C13H12FNO2S/c1-8-9(2)18-13(17)15(8)7-12(16)10-5-3-4-6-11(10)14/h3-6H,7H2,1-2H3. The predicted octanol–water partition coefficient (Wildman–Crippen LogP) is 2.55. The number of Topliss-reactive ketones (excluding diaryl/α,β-unsaturated/α-hetero) is 1. The van der Waals surface area contributed by atoms with Gasteiger partial charge in [-0.25, -0.2) is 4.39 Å². The first kappa shape index (κ1) is 12.7. The van der Waals surface area contributed by atoms with Gasteiger partial charge in [-0.05, 0) is 26.0 Å². The highest BCUT2D eigenvalue weighted by molar-refractivity contribution is 7.09. The van der Waals surface area contributed by atoms with Crippen molar-refractivity contribution in [2.75, 3.05) is 0 Å². The molecule has 1 aromatic carbocycles. The first-order chi connectivity index (χ1) is 8.50. The van der Waals surface area contributed by atoms with E-state index in [1.165, 1.54) is 22.8 Å². The van der Waals surface area contributed by atoms with Gasteiger partial charge in [0.2, 0.25) is 0 Å². The van der Waals surface area contributed by atoms with E-state index in [0.717, 1.165) is 21.9 Å². The SMILES string of the molecule is Cc1sc(=O)n(CC(=O)c2ccccc2F)c1C. The van der Waals surface area contributed by atoms with Gasteiger partial charge in [0.15, 0.2) is 5.78 Å². The third-order valence-electron chi connectivity index (χ3n) is 2.85. The van der Waals surface area contributed by atoms with Crippen LogP contribution in [0.15, 0.2) is 29.1 Å². The van der Waals surface area contributed by atoms with E-state index in [1.54, 1.807) is 13.0 Å². The summed E-state index contributed by atoms with van der Waals surface area (Å²) in [5, 5.41) is 0. The average molecular weight is 265 g/mol. The Morgan fingerprint density at radius 3 is 2.56 bits per heavy atom. The third-order valence-corrected chi connectivity index (χ3v) is 3.85. The molecule has 2 aromatic rings. The lowest BCUT2D eigenvalue weighted by Gasteiger charge is -2.05. The quantitative estimate of drug-likeness (QED) is 0.800. The molecule has 0 aliphatic carbocycles. The first-order valence-electron chi connectivity index (χ1n) is 5.45. The molecule has 0 saturated carbocycles. The minimum atomic E-state index is -0.555. The molecule has 0 atom stereocenters. The van der Waals surface area contributed by atoms with E-state index in [2.05, 4.69) is 0 Å². The average Bonchev–Trinajstić information content (AvgIpc) is 2.56. The van der Waals surface area contributed by atoms with Gasteiger partial charge >= 0.3 is 4.87 Å².